The molecule has 312 valence electrons. The predicted molar refractivity (Wildman–Crippen MR) is 293 cm³/mol. The van der Waals surface area contributed by atoms with E-state index in [-0.39, 0.29) is 0 Å². The zero-order valence-corrected chi connectivity index (χ0v) is 43.7. The number of rotatable bonds is 0. The molecule has 0 aliphatic carbocycles. The topological polar surface area (TPSA) is 143 Å². The minimum atomic E-state index is 0.374. The second kappa shape index (κ2) is 15.4. The molecule has 0 radical (unpaired) electrons. The molecule has 0 saturated heterocycles. The van der Waals surface area contributed by atoms with Crippen LogP contribution in [0.4, 0.5) is 0 Å². The van der Waals surface area contributed by atoms with Gasteiger partial charge in [0.25, 0.3) is 0 Å². The van der Waals surface area contributed by atoms with E-state index >= 15 is 0 Å². The van der Waals surface area contributed by atoms with Crippen molar-refractivity contribution in [2.75, 3.05) is 0 Å². The first kappa shape index (κ1) is 42.7. The highest BCUT2D eigenvalue weighted by atomic mass is 79.9. The van der Waals surface area contributed by atoms with Crippen molar-refractivity contribution < 1.29 is 0 Å². The minimum Gasteiger partial charge on any atom is -0.192 e. The van der Waals surface area contributed by atoms with E-state index in [1.807, 2.05) is 91.0 Å². The van der Waals surface area contributed by atoms with E-state index < -0.39 is 0 Å². The van der Waals surface area contributed by atoms with Crippen molar-refractivity contribution in [3.05, 3.63) is 157 Å². The van der Waals surface area contributed by atoms with Crippen LogP contribution in [-0.4, -0.2) is 0 Å². The van der Waals surface area contributed by atoms with Gasteiger partial charge in [0, 0.05) is 86.1 Å². The molecule has 0 fully saturated rings. The number of fused-ring (bicyclic) bond motifs is 11. The summed E-state index contributed by atoms with van der Waals surface area (Å²) < 4.78 is 4.67. The highest BCUT2D eigenvalue weighted by molar-refractivity contribution is 9.11. The molecule has 0 aromatic heterocycles. The van der Waals surface area contributed by atoms with Gasteiger partial charge in [0.05, 0.1) is 39.4 Å². The third-order valence-corrected chi connectivity index (χ3v) is 18.4. The molecule has 0 bridgehead atoms. The highest BCUT2D eigenvalue weighted by Crippen LogP contribution is 2.49. The quantitative estimate of drug-likeness (QED) is 0.138. The summed E-state index contributed by atoms with van der Waals surface area (Å²) in [6, 6.07) is 45.4. The molecule has 0 saturated carbocycles. The Morgan fingerprint density at radius 1 is 0.235 bits per heavy atom. The lowest BCUT2D eigenvalue weighted by Crippen LogP contribution is -1.95. The molecule has 6 nitrogen and oxygen atoms in total. The van der Waals surface area contributed by atoms with Gasteiger partial charge in [-0.05, 0) is 212 Å². The van der Waals surface area contributed by atoms with Gasteiger partial charge in [0.15, 0.2) is 0 Å². The van der Waals surface area contributed by atoms with Crippen LogP contribution in [0.1, 0.15) is 33.4 Å². The minimum absolute atomic E-state index is 0.374. The van der Waals surface area contributed by atoms with Gasteiger partial charge in [0.2, 0.25) is 0 Å². The van der Waals surface area contributed by atoms with E-state index in [0.717, 1.165) is 91.5 Å². The number of halogens is 6. The Bertz CT molecular complexity index is 4830. The Kier molecular flexibility index (Phi) is 9.67. The zero-order valence-electron chi connectivity index (χ0n) is 34.2. The van der Waals surface area contributed by atoms with Crippen LogP contribution in [0.3, 0.4) is 0 Å². The molecule has 0 N–H and O–H groups in total. The van der Waals surface area contributed by atoms with Crippen LogP contribution >= 0.6 is 95.6 Å². The molecule has 12 rings (SSSR count). The average molecular weight is 1250 g/mol. The molecule has 0 aliphatic rings. The van der Waals surface area contributed by atoms with Crippen molar-refractivity contribution in [3.8, 4) is 36.4 Å². The van der Waals surface area contributed by atoms with E-state index in [0.29, 0.717) is 87.2 Å². The van der Waals surface area contributed by atoms with E-state index in [9.17, 15) is 31.6 Å². The Morgan fingerprint density at radius 2 is 0.485 bits per heavy atom. The second-order valence-corrected chi connectivity index (χ2v) is 21.3. The lowest BCUT2D eigenvalue weighted by Gasteiger charge is -2.18. The fourth-order valence-corrected chi connectivity index (χ4v) is 14.1. The molecule has 0 amide bonds. The highest BCUT2D eigenvalue weighted by Gasteiger charge is 2.24. The predicted octanol–water partition coefficient (Wildman–Crippen LogP) is 18.2. The maximum Gasteiger partial charge on any atom is 0.100 e. The lowest BCUT2D eigenvalue weighted by atomic mass is 9.87. The van der Waals surface area contributed by atoms with E-state index in [1.165, 1.54) is 0 Å². The number of nitrogens with zero attached hydrogens (tertiary/aromatic N) is 6. The van der Waals surface area contributed by atoms with Crippen molar-refractivity contribution in [2.24, 2.45) is 0 Å². The monoisotopic (exact) mass is 1250 g/mol. The normalized spacial score (nSPS) is 11.6. The Hall–Kier alpha value is -6.68. The van der Waals surface area contributed by atoms with Crippen molar-refractivity contribution in [3.63, 3.8) is 0 Å². The smallest absolute Gasteiger partial charge is 0.100 e. The number of nitriles is 6. The third kappa shape index (κ3) is 5.63. The lowest BCUT2D eigenvalue weighted by molar-refractivity contribution is 1.50. The first-order valence-electron chi connectivity index (χ1n) is 20.5. The zero-order chi connectivity index (χ0) is 47.2. The maximum absolute atomic E-state index is 11.1. The summed E-state index contributed by atoms with van der Waals surface area (Å²) >= 11 is 23.3. The first-order chi connectivity index (χ1) is 33.0. The summed E-state index contributed by atoms with van der Waals surface area (Å²) in [5.41, 5.74) is 2.57. The molecule has 0 aliphatic heterocycles. The van der Waals surface area contributed by atoms with Gasteiger partial charge >= 0.3 is 0 Å². The summed E-state index contributed by atoms with van der Waals surface area (Å²) in [5, 5.41) is 80.3. The van der Waals surface area contributed by atoms with Crippen molar-refractivity contribution in [1.29, 1.82) is 31.6 Å². The maximum atomic E-state index is 11.1. The van der Waals surface area contributed by atoms with E-state index in [4.69, 9.17) is 0 Å². The Morgan fingerprint density at radius 3 is 0.794 bits per heavy atom. The van der Waals surface area contributed by atoms with Gasteiger partial charge < -0.3 is 0 Å². The van der Waals surface area contributed by atoms with Gasteiger partial charge in [-0.1, -0.05) is 40.2 Å². The standard InChI is InChI=1S/C56H16Br6N6/c57-51-6-5-23(17-63)26-7-27-37(12-36(26)51)53(59)40-14-41-31(9-30(40)47(27)19-65)49(21-67)34-11-35-45(16-44(34)55(41)61)56(62)43-15-42-32(10-33(43)50(35)22-68)48(20-66)29-8-28-38(13-39(29)54(42)60)52(58)25-4-2-1-3-24(25)46(28)18-64/h1-16H. The summed E-state index contributed by atoms with van der Waals surface area (Å²) in [5.74, 6) is 0. The Balaban J connectivity index is 1.17. The molecule has 68 heavy (non-hydrogen) atoms. The SMILES string of the molecule is N#Cc1ccc(Br)c2cc3c(Br)c4cc5c(Br)c6cc7c(Br)c8cc9c(Br)c%10cc%11c(Br)c%12ccccc%12c(C#N)c%11cc%10c(C#N)c9cc8c(C#N)c7cc6c(C#N)c5cc4c(C#N)c3cc12. The van der Waals surface area contributed by atoms with Crippen molar-refractivity contribution >= 4 is 214 Å². The molecule has 12 aromatic rings. The summed E-state index contributed by atoms with van der Waals surface area (Å²) in [6.07, 6.45) is 0. The van der Waals surface area contributed by atoms with Gasteiger partial charge in [0.1, 0.15) is 30.3 Å². The molecular weight excluding hydrogens is 1240 g/mol. The summed E-state index contributed by atoms with van der Waals surface area (Å²) in [4.78, 5) is 0. The molecule has 0 spiro atoms. The fourth-order valence-electron chi connectivity index (χ4n) is 10.3. The van der Waals surface area contributed by atoms with Crippen LogP contribution in [-0.2, 0) is 0 Å². The van der Waals surface area contributed by atoms with Crippen molar-refractivity contribution in [1.82, 2.24) is 0 Å². The van der Waals surface area contributed by atoms with Gasteiger partial charge in [-0.15, -0.1) is 0 Å². The van der Waals surface area contributed by atoms with Crippen LogP contribution in [0.5, 0.6) is 0 Å². The van der Waals surface area contributed by atoms with Crippen LogP contribution in [0, 0.1) is 68.0 Å². The van der Waals surface area contributed by atoms with Crippen LogP contribution < -0.4 is 0 Å². The third-order valence-electron chi connectivity index (χ3n) is 13.4. The molecule has 0 heterocycles. The summed E-state index contributed by atoms with van der Waals surface area (Å²) in [7, 11) is 0. The molecule has 12 heteroatoms. The molecule has 0 unspecified atom stereocenters. The fraction of sp³-hybridized carbons (Fsp3) is 0. The number of hydrogen-bond acceptors (Lipinski definition) is 6. The van der Waals surface area contributed by atoms with Gasteiger partial charge in [-0.2, -0.15) is 31.6 Å². The largest absolute Gasteiger partial charge is 0.192 e. The second-order valence-electron chi connectivity index (χ2n) is 16.5. The summed E-state index contributed by atoms with van der Waals surface area (Å²) in [6.45, 7) is 0. The average Bonchev–Trinajstić information content (AvgIpc) is 3.36. The number of benzene rings is 12. The van der Waals surface area contributed by atoms with E-state index in [2.05, 4.69) is 132 Å². The van der Waals surface area contributed by atoms with Gasteiger partial charge in [-0.3, -0.25) is 0 Å². The number of hydrogen-bond donors (Lipinski definition) is 0. The van der Waals surface area contributed by atoms with Crippen molar-refractivity contribution in [2.45, 2.75) is 0 Å². The van der Waals surface area contributed by atoms with Gasteiger partial charge in [-0.25, -0.2) is 0 Å². The molecule has 12 aromatic carbocycles. The first-order valence-corrected chi connectivity index (χ1v) is 25.2. The van der Waals surface area contributed by atoms with Crippen LogP contribution in [0.2, 0.25) is 0 Å². The molecular formula is C56H16Br6N6. The molecule has 0 atom stereocenters. The van der Waals surface area contributed by atoms with Crippen LogP contribution in [0.25, 0.3) is 118 Å². The Labute approximate surface area is 435 Å². The van der Waals surface area contributed by atoms with E-state index in [1.54, 1.807) is 6.07 Å². The van der Waals surface area contributed by atoms with Crippen LogP contribution in [0.15, 0.2) is 124 Å².